The van der Waals surface area contributed by atoms with Crippen LogP contribution in [0, 0.1) is 0 Å². The number of pyridine rings is 1. The smallest absolute Gasteiger partial charge is 0.137 e. The summed E-state index contributed by atoms with van der Waals surface area (Å²) in [5, 5.41) is 5.19. The van der Waals surface area contributed by atoms with Crippen molar-refractivity contribution in [1.82, 2.24) is 9.55 Å². The molecule has 10 rings (SSSR count). The van der Waals surface area contributed by atoms with E-state index in [9.17, 15) is 0 Å². The molecule has 0 fully saturated rings. The molecule has 49 heavy (non-hydrogen) atoms. The quantitative estimate of drug-likeness (QED) is 0.135. The molecule has 0 radical (unpaired) electrons. The van der Waals surface area contributed by atoms with Gasteiger partial charge in [-0.05, 0) is 117 Å². The molecule has 3 nitrogen and oxygen atoms in total. The van der Waals surface area contributed by atoms with Crippen molar-refractivity contribution < 1.29 is 0 Å². The van der Waals surface area contributed by atoms with Gasteiger partial charge in [0.1, 0.15) is 5.82 Å². The highest BCUT2D eigenvalue weighted by atomic mass is 15.2. The van der Waals surface area contributed by atoms with Crippen LogP contribution in [-0.4, -0.2) is 9.55 Å². The van der Waals surface area contributed by atoms with E-state index in [1.807, 2.05) is 18.3 Å². The number of para-hydroxylation sites is 1. The zero-order chi connectivity index (χ0) is 32.3. The van der Waals surface area contributed by atoms with Gasteiger partial charge in [-0.1, -0.05) is 103 Å². The van der Waals surface area contributed by atoms with Gasteiger partial charge in [0, 0.05) is 34.0 Å². The van der Waals surface area contributed by atoms with E-state index in [0.29, 0.717) is 0 Å². The van der Waals surface area contributed by atoms with E-state index in [-0.39, 0.29) is 0 Å². The summed E-state index contributed by atoms with van der Waals surface area (Å²) in [5.74, 6) is 0.897. The molecule has 0 spiro atoms. The first kappa shape index (κ1) is 27.6. The van der Waals surface area contributed by atoms with Gasteiger partial charge in [0.15, 0.2) is 0 Å². The predicted molar refractivity (Wildman–Crippen MR) is 206 cm³/mol. The average molecular weight is 626 g/mol. The van der Waals surface area contributed by atoms with Crippen molar-refractivity contribution in [2.45, 2.75) is 6.42 Å². The van der Waals surface area contributed by atoms with Crippen LogP contribution in [0.5, 0.6) is 0 Å². The molecule has 0 amide bonds. The van der Waals surface area contributed by atoms with Gasteiger partial charge in [-0.15, -0.1) is 0 Å². The lowest BCUT2D eigenvalue weighted by Crippen LogP contribution is -2.11. The Kier molecular flexibility index (Phi) is 6.25. The third-order valence-electron chi connectivity index (χ3n) is 9.97. The summed E-state index contributed by atoms with van der Waals surface area (Å²) < 4.78 is 2.40. The van der Waals surface area contributed by atoms with E-state index in [1.165, 1.54) is 66.1 Å². The number of benzene rings is 7. The summed E-state index contributed by atoms with van der Waals surface area (Å²) in [5.41, 5.74) is 13.6. The van der Waals surface area contributed by atoms with Crippen LogP contribution in [0.4, 0.5) is 17.2 Å². The lowest BCUT2D eigenvalue weighted by atomic mass is 10.00. The zero-order valence-electron chi connectivity index (χ0n) is 26.8. The molecule has 1 aliphatic carbocycles. The Labute approximate surface area is 285 Å². The maximum atomic E-state index is 4.76. The number of rotatable bonds is 6. The Balaban J connectivity index is 1.01. The summed E-state index contributed by atoms with van der Waals surface area (Å²) >= 11 is 0. The number of hydrogen-bond donors (Lipinski definition) is 0. The third kappa shape index (κ3) is 4.55. The largest absolute Gasteiger partial charge is 0.309 e. The van der Waals surface area contributed by atoms with Crippen molar-refractivity contribution in [3.05, 3.63) is 186 Å². The van der Waals surface area contributed by atoms with Crippen LogP contribution in [0.3, 0.4) is 0 Å². The molecule has 0 saturated carbocycles. The summed E-state index contributed by atoms with van der Waals surface area (Å²) in [6.45, 7) is 0. The Morgan fingerprint density at radius 2 is 1.27 bits per heavy atom. The summed E-state index contributed by atoms with van der Waals surface area (Å²) in [6.07, 6.45) is 7.26. The van der Waals surface area contributed by atoms with E-state index < -0.39 is 0 Å². The van der Waals surface area contributed by atoms with Gasteiger partial charge in [0.05, 0.1) is 11.0 Å². The van der Waals surface area contributed by atoms with Gasteiger partial charge in [0.2, 0.25) is 0 Å². The van der Waals surface area contributed by atoms with Crippen LogP contribution in [0.15, 0.2) is 164 Å². The fourth-order valence-corrected chi connectivity index (χ4v) is 7.76. The minimum absolute atomic E-state index is 0.897. The average Bonchev–Trinajstić information content (AvgIpc) is 3.70. The first-order valence-electron chi connectivity index (χ1n) is 16.8. The summed E-state index contributed by atoms with van der Waals surface area (Å²) in [6, 6.07) is 56.8. The third-order valence-corrected chi connectivity index (χ3v) is 9.97. The first-order chi connectivity index (χ1) is 24.3. The Hall–Kier alpha value is -6.45. The van der Waals surface area contributed by atoms with Crippen molar-refractivity contribution in [1.29, 1.82) is 0 Å². The van der Waals surface area contributed by atoms with Crippen molar-refractivity contribution >= 4 is 61.9 Å². The summed E-state index contributed by atoms with van der Waals surface area (Å²) in [4.78, 5) is 7.01. The van der Waals surface area contributed by atoms with Gasteiger partial charge in [-0.2, -0.15) is 0 Å². The lowest BCUT2D eigenvalue weighted by Gasteiger charge is -2.25. The van der Waals surface area contributed by atoms with Crippen molar-refractivity contribution in [2.24, 2.45) is 0 Å². The topological polar surface area (TPSA) is 21.1 Å². The standard InChI is InChI=1S/C46H31N3/c1-2-11-37(12-3-1)49-42-14-8-10-33-20-21-35-27-32(28-43(49)46(35)45(33)42)17-16-31-18-22-38(23-19-31)48(44-15-6-7-26-47-44)39-24-25-41-36(30-39)29-34-9-4-5-13-40(34)41/h1-28,30H,29H2. The second-order valence-electron chi connectivity index (χ2n) is 12.9. The molecule has 0 aliphatic heterocycles. The van der Waals surface area contributed by atoms with Gasteiger partial charge >= 0.3 is 0 Å². The fourth-order valence-electron chi connectivity index (χ4n) is 7.76. The second kappa shape index (κ2) is 11.1. The highest BCUT2D eigenvalue weighted by Gasteiger charge is 2.21. The van der Waals surface area contributed by atoms with E-state index >= 15 is 0 Å². The van der Waals surface area contributed by atoms with Crippen LogP contribution in [-0.2, 0) is 6.42 Å². The molecule has 9 aromatic rings. The Bertz CT molecular complexity index is 2670. The Morgan fingerprint density at radius 1 is 0.510 bits per heavy atom. The molecular weight excluding hydrogens is 595 g/mol. The van der Waals surface area contributed by atoms with Gasteiger partial charge in [-0.25, -0.2) is 4.98 Å². The molecule has 3 heteroatoms. The number of hydrogen-bond acceptors (Lipinski definition) is 2. The highest BCUT2D eigenvalue weighted by molar-refractivity contribution is 6.24. The molecule has 0 N–H and O–H groups in total. The normalized spacial score (nSPS) is 12.3. The molecule has 2 aromatic heterocycles. The van der Waals surface area contributed by atoms with E-state index in [0.717, 1.165) is 29.2 Å². The number of aromatic nitrogens is 2. The van der Waals surface area contributed by atoms with Gasteiger partial charge < -0.3 is 4.57 Å². The van der Waals surface area contributed by atoms with Crippen LogP contribution in [0.1, 0.15) is 22.3 Å². The Morgan fingerprint density at radius 3 is 2.14 bits per heavy atom. The van der Waals surface area contributed by atoms with Gasteiger partial charge in [-0.3, -0.25) is 4.90 Å². The van der Waals surface area contributed by atoms with E-state index in [2.05, 4.69) is 167 Å². The number of fused-ring (bicyclic) bond motifs is 3. The minimum Gasteiger partial charge on any atom is -0.309 e. The maximum absolute atomic E-state index is 4.76. The molecule has 0 unspecified atom stereocenters. The van der Waals surface area contributed by atoms with Crippen LogP contribution in [0.2, 0.25) is 0 Å². The van der Waals surface area contributed by atoms with Gasteiger partial charge in [0.25, 0.3) is 0 Å². The van der Waals surface area contributed by atoms with Crippen LogP contribution < -0.4 is 4.90 Å². The predicted octanol–water partition coefficient (Wildman–Crippen LogP) is 12.0. The molecule has 2 heterocycles. The van der Waals surface area contributed by atoms with Crippen LogP contribution in [0.25, 0.3) is 61.5 Å². The van der Waals surface area contributed by atoms with Crippen molar-refractivity contribution in [2.75, 3.05) is 4.90 Å². The SMILES string of the molecule is C(=Cc1cc2ccc3cccc4c3c2c(c1)n4-c1ccccc1)c1ccc(N(c2ccc3c(c2)Cc2ccccc2-3)c2ccccn2)cc1. The maximum Gasteiger partial charge on any atom is 0.137 e. The van der Waals surface area contributed by atoms with Crippen molar-refractivity contribution in [3.63, 3.8) is 0 Å². The highest BCUT2D eigenvalue weighted by Crippen LogP contribution is 2.42. The minimum atomic E-state index is 0.897. The number of nitrogens with zero attached hydrogens (tertiary/aromatic N) is 3. The molecule has 7 aromatic carbocycles. The van der Waals surface area contributed by atoms with Crippen LogP contribution >= 0.6 is 0 Å². The number of anilines is 3. The molecule has 230 valence electrons. The molecular formula is C46H31N3. The van der Waals surface area contributed by atoms with Crippen molar-refractivity contribution in [3.8, 4) is 16.8 Å². The molecule has 0 atom stereocenters. The zero-order valence-corrected chi connectivity index (χ0v) is 26.8. The monoisotopic (exact) mass is 625 g/mol. The molecule has 1 aliphatic rings. The molecule has 0 saturated heterocycles. The summed E-state index contributed by atoms with van der Waals surface area (Å²) in [7, 11) is 0. The van der Waals surface area contributed by atoms with E-state index in [4.69, 9.17) is 4.98 Å². The fraction of sp³-hybridized carbons (Fsp3) is 0.0217. The molecule has 0 bridgehead atoms. The second-order valence-corrected chi connectivity index (χ2v) is 12.9. The van der Waals surface area contributed by atoms with E-state index in [1.54, 1.807) is 0 Å². The first-order valence-corrected chi connectivity index (χ1v) is 16.8. The lowest BCUT2D eigenvalue weighted by molar-refractivity contribution is 1.17.